The van der Waals surface area contributed by atoms with Gasteiger partial charge in [-0.2, -0.15) is 4.98 Å². The number of aryl methyl sites for hydroxylation is 2. The van der Waals surface area contributed by atoms with Crippen molar-refractivity contribution in [2.75, 3.05) is 37.8 Å². The van der Waals surface area contributed by atoms with E-state index in [2.05, 4.69) is 67.7 Å². The van der Waals surface area contributed by atoms with Gasteiger partial charge in [-0.3, -0.25) is 0 Å². The van der Waals surface area contributed by atoms with E-state index in [1.165, 1.54) is 29.7 Å². The number of nitrogens with one attached hydrogen (secondary N) is 2. The normalized spacial score (nSPS) is 14.0. The second kappa shape index (κ2) is 7.83. The summed E-state index contributed by atoms with van der Waals surface area (Å²) in [5.41, 5.74) is 4.88. The molecule has 1 aliphatic rings. The first kappa shape index (κ1) is 17.7. The Morgan fingerprint density at radius 2 is 2.00 bits per heavy atom. The number of benzene rings is 1. The highest BCUT2D eigenvalue weighted by Gasteiger charge is 2.26. The zero-order valence-electron chi connectivity index (χ0n) is 15.8. The van der Waals surface area contributed by atoms with Crippen molar-refractivity contribution in [2.45, 2.75) is 39.0 Å². The smallest absolute Gasteiger partial charge is 0.224 e. The lowest BCUT2D eigenvalue weighted by Gasteiger charge is -2.16. The Hall–Kier alpha value is -2.14. The van der Waals surface area contributed by atoms with Crippen molar-refractivity contribution in [2.24, 2.45) is 0 Å². The first-order valence-corrected chi connectivity index (χ1v) is 9.20. The monoisotopic (exact) mass is 339 g/mol. The van der Waals surface area contributed by atoms with Crippen molar-refractivity contribution in [3.05, 3.63) is 41.1 Å². The maximum Gasteiger partial charge on any atom is 0.224 e. The van der Waals surface area contributed by atoms with Gasteiger partial charge in [0.2, 0.25) is 5.95 Å². The SMILES string of the molecule is CCc1cccc(C)c1Nc1cc(C2CC2)nc(NCCN(C)C)n1. The molecule has 1 saturated carbocycles. The van der Waals surface area contributed by atoms with Gasteiger partial charge in [0.15, 0.2) is 0 Å². The Labute approximate surface area is 150 Å². The van der Waals surface area contributed by atoms with Gasteiger partial charge in [-0.1, -0.05) is 25.1 Å². The molecule has 3 rings (SSSR count). The van der Waals surface area contributed by atoms with Gasteiger partial charge in [0, 0.05) is 30.8 Å². The van der Waals surface area contributed by atoms with Crippen molar-refractivity contribution < 1.29 is 0 Å². The van der Waals surface area contributed by atoms with E-state index in [9.17, 15) is 0 Å². The van der Waals surface area contributed by atoms with Crippen LogP contribution in [0, 0.1) is 6.92 Å². The lowest BCUT2D eigenvalue weighted by atomic mass is 10.1. The van der Waals surface area contributed by atoms with Gasteiger partial charge in [0.05, 0.1) is 5.69 Å². The van der Waals surface area contributed by atoms with E-state index in [1.807, 2.05) is 0 Å². The van der Waals surface area contributed by atoms with Crippen LogP contribution in [0.3, 0.4) is 0 Å². The van der Waals surface area contributed by atoms with Gasteiger partial charge < -0.3 is 15.5 Å². The number of para-hydroxylation sites is 1. The van der Waals surface area contributed by atoms with Crippen molar-refractivity contribution in [3.63, 3.8) is 0 Å². The fourth-order valence-corrected chi connectivity index (χ4v) is 2.92. The van der Waals surface area contributed by atoms with E-state index in [1.54, 1.807) is 0 Å². The molecule has 5 heteroatoms. The molecule has 0 amide bonds. The Morgan fingerprint density at radius 3 is 2.68 bits per heavy atom. The molecule has 0 aliphatic heterocycles. The van der Waals surface area contributed by atoms with E-state index in [-0.39, 0.29) is 0 Å². The van der Waals surface area contributed by atoms with Crippen LogP contribution in [0.15, 0.2) is 24.3 Å². The second-order valence-corrected chi connectivity index (χ2v) is 7.09. The van der Waals surface area contributed by atoms with E-state index in [0.717, 1.165) is 37.0 Å². The van der Waals surface area contributed by atoms with Crippen molar-refractivity contribution in [1.82, 2.24) is 14.9 Å². The summed E-state index contributed by atoms with van der Waals surface area (Å²) in [5.74, 6) is 2.20. The molecule has 1 aromatic carbocycles. The maximum absolute atomic E-state index is 4.72. The number of hydrogen-bond acceptors (Lipinski definition) is 5. The molecular weight excluding hydrogens is 310 g/mol. The minimum absolute atomic E-state index is 0.598. The van der Waals surface area contributed by atoms with Gasteiger partial charge in [-0.05, 0) is 51.4 Å². The Bertz CT molecular complexity index is 722. The summed E-state index contributed by atoms with van der Waals surface area (Å²) >= 11 is 0. The van der Waals surface area contributed by atoms with Gasteiger partial charge >= 0.3 is 0 Å². The Morgan fingerprint density at radius 1 is 1.20 bits per heavy atom. The number of hydrogen-bond donors (Lipinski definition) is 2. The topological polar surface area (TPSA) is 53.1 Å². The van der Waals surface area contributed by atoms with Crippen LogP contribution in [0.4, 0.5) is 17.5 Å². The quantitative estimate of drug-likeness (QED) is 0.763. The molecule has 0 atom stereocenters. The molecule has 1 aromatic heterocycles. The predicted octanol–water partition coefficient (Wildman–Crippen LogP) is 3.94. The summed E-state index contributed by atoms with van der Waals surface area (Å²) in [7, 11) is 4.14. The minimum Gasteiger partial charge on any atom is -0.353 e. The highest BCUT2D eigenvalue weighted by molar-refractivity contribution is 5.65. The van der Waals surface area contributed by atoms with Crippen LogP contribution in [0.1, 0.15) is 42.5 Å². The minimum atomic E-state index is 0.598. The average molecular weight is 339 g/mol. The molecule has 0 spiro atoms. The molecule has 0 saturated heterocycles. The number of rotatable bonds is 8. The van der Waals surface area contributed by atoms with Crippen LogP contribution < -0.4 is 10.6 Å². The van der Waals surface area contributed by atoms with Crippen LogP contribution in [0.2, 0.25) is 0 Å². The number of likely N-dealkylation sites (N-methyl/N-ethyl adjacent to an activating group) is 1. The second-order valence-electron chi connectivity index (χ2n) is 7.09. The predicted molar refractivity (Wildman–Crippen MR) is 105 cm³/mol. The number of nitrogens with zero attached hydrogens (tertiary/aromatic N) is 3. The molecule has 2 aromatic rings. The third-order valence-electron chi connectivity index (χ3n) is 4.58. The third-order valence-corrected chi connectivity index (χ3v) is 4.58. The van der Waals surface area contributed by atoms with Crippen molar-refractivity contribution in [1.29, 1.82) is 0 Å². The van der Waals surface area contributed by atoms with Gasteiger partial charge in [0.25, 0.3) is 0 Å². The molecule has 0 bridgehead atoms. The highest BCUT2D eigenvalue weighted by atomic mass is 15.2. The summed E-state index contributed by atoms with van der Waals surface area (Å²) in [6.07, 6.45) is 3.47. The fraction of sp³-hybridized carbons (Fsp3) is 0.500. The number of anilines is 3. The highest BCUT2D eigenvalue weighted by Crippen LogP contribution is 2.40. The van der Waals surface area contributed by atoms with E-state index >= 15 is 0 Å². The summed E-state index contributed by atoms with van der Waals surface area (Å²) in [4.78, 5) is 11.6. The molecule has 1 heterocycles. The Kier molecular flexibility index (Phi) is 5.53. The molecule has 25 heavy (non-hydrogen) atoms. The van der Waals surface area contributed by atoms with E-state index < -0.39 is 0 Å². The van der Waals surface area contributed by atoms with Crippen LogP contribution in [0.5, 0.6) is 0 Å². The first-order valence-electron chi connectivity index (χ1n) is 9.20. The molecule has 1 aliphatic carbocycles. The van der Waals surface area contributed by atoms with Crippen molar-refractivity contribution in [3.8, 4) is 0 Å². The molecular formula is C20H29N5. The van der Waals surface area contributed by atoms with E-state index in [4.69, 9.17) is 9.97 Å². The molecule has 1 fully saturated rings. The standard InChI is InChI=1S/C20H29N5/c1-5-15-8-6-7-14(2)19(15)23-18-13-17(16-9-10-16)22-20(24-18)21-11-12-25(3)4/h6-8,13,16H,5,9-12H2,1-4H3,(H2,21,22,23,24). The largest absolute Gasteiger partial charge is 0.353 e. The number of aromatic nitrogens is 2. The van der Waals surface area contributed by atoms with Crippen LogP contribution in [0.25, 0.3) is 0 Å². The first-order chi connectivity index (χ1) is 12.1. The summed E-state index contributed by atoms with van der Waals surface area (Å²) in [6.45, 7) is 6.12. The van der Waals surface area contributed by atoms with Gasteiger partial charge in [-0.15, -0.1) is 0 Å². The molecule has 0 radical (unpaired) electrons. The van der Waals surface area contributed by atoms with Gasteiger partial charge in [-0.25, -0.2) is 4.98 Å². The van der Waals surface area contributed by atoms with Crippen LogP contribution in [-0.2, 0) is 6.42 Å². The molecule has 0 unspecified atom stereocenters. The average Bonchev–Trinajstić information content (AvgIpc) is 3.41. The van der Waals surface area contributed by atoms with E-state index in [0.29, 0.717) is 5.92 Å². The third kappa shape index (κ3) is 4.69. The lowest BCUT2D eigenvalue weighted by molar-refractivity contribution is 0.425. The van der Waals surface area contributed by atoms with Gasteiger partial charge in [0.1, 0.15) is 5.82 Å². The lowest BCUT2D eigenvalue weighted by Crippen LogP contribution is -2.21. The summed E-state index contributed by atoms with van der Waals surface area (Å²) in [5, 5.41) is 6.92. The molecule has 2 N–H and O–H groups in total. The Balaban J connectivity index is 1.84. The van der Waals surface area contributed by atoms with Crippen LogP contribution in [-0.4, -0.2) is 42.1 Å². The van der Waals surface area contributed by atoms with Crippen LogP contribution >= 0.6 is 0 Å². The zero-order valence-corrected chi connectivity index (χ0v) is 15.8. The molecule has 134 valence electrons. The molecule has 5 nitrogen and oxygen atoms in total. The van der Waals surface area contributed by atoms with Crippen molar-refractivity contribution >= 4 is 17.5 Å². The summed E-state index contributed by atoms with van der Waals surface area (Å²) < 4.78 is 0. The zero-order chi connectivity index (χ0) is 17.8. The fourth-order valence-electron chi connectivity index (χ4n) is 2.92. The summed E-state index contributed by atoms with van der Waals surface area (Å²) in [6, 6.07) is 8.54. The maximum atomic E-state index is 4.72.